The van der Waals surface area contributed by atoms with E-state index in [-0.39, 0.29) is 18.7 Å². The number of nitrogens with two attached hydrogens (primary N) is 1. The van der Waals surface area contributed by atoms with E-state index in [2.05, 4.69) is 20.6 Å². The molecule has 7 nitrogen and oxygen atoms in total. The number of para-hydroxylation sites is 1. The molecule has 0 unspecified atom stereocenters. The number of rotatable bonds is 7. The number of nitrogens with zero attached hydrogens (tertiary/aromatic N) is 3. The molecule has 1 amide bonds. The van der Waals surface area contributed by atoms with Gasteiger partial charge in [0.15, 0.2) is 0 Å². The summed E-state index contributed by atoms with van der Waals surface area (Å²) < 4.78 is 0. The number of nitrogens with one attached hydrogen (secondary N) is 2. The first-order valence-corrected chi connectivity index (χ1v) is 8.81. The third-order valence-corrected chi connectivity index (χ3v) is 3.97. The number of nitriles is 1. The molecule has 0 aliphatic heterocycles. The van der Waals surface area contributed by atoms with Crippen LogP contribution in [0.1, 0.15) is 12.8 Å². The molecule has 0 saturated carbocycles. The minimum atomic E-state index is -0.486. The smallest absolute Gasteiger partial charge is 0.227 e. The van der Waals surface area contributed by atoms with Crippen molar-refractivity contribution >= 4 is 23.2 Å². The van der Waals surface area contributed by atoms with Gasteiger partial charge in [-0.3, -0.25) is 4.79 Å². The van der Waals surface area contributed by atoms with Crippen LogP contribution in [-0.2, 0) is 4.79 Å². The van der Waals surface area contributed by atoms with E-state index in [1.165, 1.54) is 0 Å². The molecule has 1 atom stereocenters. The van der Waals surface area contributed by atoms with Crippen molar-refractivity contribution in [3.8, 4) is 17.2 Å². The molecule has 2 heterocycles. The lowest BCUT2D eigenvalue weighted by Crippen LogP contribution is -2.26. The van der Waals surface area contributed by atoms with Crippen molar-refractivity contribution < 1.29 is 4.79 Å². The molecule has 0 aliphatic carbocycles. The topological polar surface area (TPSA) is 117 Å². The number of carbonyl (C=O) groups excluding carboxylic acids is 1. The molecular weight excluding hydrogens is 352 g/mol. The Morgan fingerprint density at radius 1 is 1.04 bits per heavy atom. The van der Waals surface area contributed by atoms with Crippen molar-refractivity contribution in [2.45, 2.75) is 18.9 Å². The minimum absolute atomic E-state index is 0.0693. The Labute approximate surface area is 163 Å². The molecule has 3 aromatic rings. The Balaban J connectivity index is 1.72. The minimum Gasteiger partial charge on any atom is -0.340 e. The standard InChI is InChI=1S/C21H20N6O/c22-9-6-17(23)14-21(28)27-20-13-16(8-11-25-20)15-7-10-24-19(12-15)26-18-4-2-1-3-5-18/h1-5,7-8,10-13,17H,6,14,23H2,(H,24,26)(H,25,27,28)/t17-/m0/s1. The molecule has 2 aromatic heterocycles. The first-order chi connectivity index (χ1) is 13.6. The van der Waals surface area contributed by atoms with Crippen molar-refractivity contribution in [1.82, 2.24) is 9.97 Å². The quantitative estimate of drug-likeness (QED) is 0.585. The highest BCUT2D eigenvalue weighted by atomic mass is 16.1. The number of aromatic nitrogens is 2. The van der Waals surface area contributed by atoms with Crippen LogP contribution in [0.3, 0.4) is 0 Å². The highest BCUT2D eigenvalue weighted by Gasteiger charge is 2.10. The number of pyridine rings is 2. The highest BCUT2D eigenvalue weighted by molar-refractivity contribution is 5.90. The fourth-order valence-corrected chi connectivity index (χ4v) is 2.65. The van der Waals surface area contributed by atoms with Crippen molar-refractivity contribution in [2.24, 2.45) is 5.73 Å². The third kappa shape index (κ3) is 5.37. The van der Waals surface area contributed by atoms with Gasteiger partial charge in [-0.25, -0.2) is 9.97 Å². The van der Waals surface area contributed by atoms with Crippen LogP contribution in [0.25, 0.3) is 11.1 Å². The van der Waals surface area contributed by atoms with Gasteiger partial charge in [-0.2, -0.15) is 5.26 Å². The summed E-state index contributed by atoms with van der Waals surface area (Å²) in [5.41, 5.74) is 8.50. The Bertz CT molecular complexity index is 983. The van der Waals surface area contributed by atoms with Gasteiger partial charge in [-0.05, 0) is 47.5 Å². The van der Waals surface area contributed by atoms with E-state index in [1.807, 2.05) is 54.6 Å². The largest absolute Gasteiger partial charge is 0.340 e. The summed E-state index contributed by atoms with van der Waals surface area (Å²) in [5.74, 6) is 0.878. The number of carbonyl (C=O) groups is 1. The molecule has 0 spiro atoms. The van der Waals surface area contributed by atoms with Crippen molar-refractivity contribution in [1.29, 1.82) is 5.26 Å². The van der Waals surface area contributed by atoms with E-state index in [1.54, 1.807) is 18.5 Å². The van der Waals surface area contributed by atoms with Crippen molar-refractivity contribution in [2.75, 3.05) is 10.6 Å². The predicted molar refractivity (Wildman–Crippen MR) is 109 cm³/mol. The van der Waals surface area contributed by atoms with E-state index < -0.39 is 6.04 Å². The summed E-state index contributed by atoms with van der Waals surface area (Å²) in [7, 11) is 0. The summed E-state index contributed by atoms with van der Waals surface area (Å²) in [6, 6.07) is 18.7. The van der Waals surface area contributed by atoms with Gasteiger partial charge in [0.05, 0.1) is 12.5 Å². The lowest BCUT2D eigenvalue weighted by molar-refractivity contribution is -0.116. The van der Waals surface area contributed by atoms with Gasteiger partial charge in [0, 0.05) is 30.5 Å². The maximum Gasteiger partial charge on any atom is 0.227 e. The van der Waals surface area contributed by atoms with Gasteiger partial charge in [-0.1, -0.05) is 18.2 Å². The zero-order valence-electron chi connectivity index (χ0n) is 15.2. The van der Waals surface area contributed by atoms with Crippen LogP contribution < -0.4 is 16.4 Å². The van der Waals surface area contributed by atoms with Crippen molar-refractivity contribution in [3.05, 3.63) is 67.0 Å². The number of benzene rings is 1. The van der Waals surface area contributed by atoms with Crippen LogP contribution in [0.2, 0.25) is 0 Å². The third-order valence-electron chi connectivity index (χ3n) is 3.97. The fourth-order valence-electron chi connectivity index (χ4n) is 2.65. The van der Waals surface area contributed by atoms with E-state index in [0.717, 1.165) is 16.8 Å². The summed E-state index contributed by atoms with van der Waals surface area (Å²) in [6.45, 7) is 0. The van der Waals surface area contributed by atoms with Crippen LogP contribution >= 0.6 is 0 Å². The normalized spacial score (nSPS) is 11.3. The second kappa shape index (κ2) is 9.26. The molecule has 0 fully saturated rings. The number of hydrogen-bond acceptors (Lipinski definition) is 6. The van der Waals surface area contributed by atoms with Gasteiger partial charge in [0.1, 0.15) is 11.6 Å². The van der Waals surface area contributed by atoms with Gasteiger partial charge in [-0.15, -0.1) is 0 Å². The van der Waals surface area contributed by atoms with Crippen molar-refractivity contribution in [3.63, 3.8) is 0 Å². The summed E-state index contributed by atoms with van der Waals surface area (Å²) >= 11 is 0. The lowest BCUT2D eigenvalue weighted by atomic mass is 10.1. The number of amides is 1. The first-order valence-electron chi connectivity index (χ1n) is 8.81. The molecule has 28 heavy (non-hydrogen) atoms. The summed E-state index contributed by atoms with van der Waals surface area (Å²) in [5, 5.41) is 14.6. The van der Waals surface area contributed by atoms with Gasteiger partial charge >= 0.3 is 0 Å². The van der Waals surface area contributed by atoms with E-state index >= 15 is 0 Å². The molecule has 140 valence electrons. The SMILES string of the molecule is N#CC[C@H](N)CC(=O)Nc1cc(-c2ccnc(Nc3ccccc3)c2)ccn1. The average Bonchev–Trinajstić information content (AvgIpc) is 2.69. The molecular formula is C21H20N6O. The van der Waals surface area contributed by atoms with Crippen LogP contribution in [-0.4, -0.2) is 21.9 Å². The van der Waals surface area contributed by atoms with Crippen LogP contribution in [0.15, 0.2) is 67.0 Å². The zero-order chi connectivity index (χ0) is 19.8. The molecule has 4 N–H and O–H groups in total. The Kier molecular flexibility index (Phi) is 6.29. The number of hydrogen-bond donors (Lipinski definition) is 3. The van der Waals surface area contributed by atoms with E-state index in [9.17, 15) is 4.79 Å². The zero-order valence-corrected chi connectivity index (χ0v) is 15.2. The summed E-state index contributed by atoms with van der Waals surface area (Å²) in [4.78, 5) is 20.6. The number of anilines is 3. The summed E-state index contributed by atoms with van der Waals surface area (Å²) in [6.07, 6.45) is 3.56. The second-order valence-corrected chi connectivity index (χ2v) is 6.23. The maximum atomic E-state index is 12.0. The molecule has 0 radical (unpaired) electrons. The molecule has 0 bridgehead atoms. The fraction of sp³-hybridized carbons (Fsp3) is 0.143. The van der Waals surface area contributed by atoms with Crippen LogP contribution in [0.4, 0.5) is 17.3 Å². The molecule has 0 aliphatic rings. The van der Waals surface area contributed by atoms with Gasteiger partial charge in [0.2, 0.25) is 5.91 Å². The predicted octanol–water partition coefficient (Wildman–Crippen LogP) is 3.46. The molecule has 7 heteroatoms. The Morgan fingerprint density at radius 3 is 2.36 bits per heavy atom. The molecule has 3 rings (SSSR count). The second-order valence-electron chi connectivity index (χ2n) is 6.23. The van der Waals surface area contributed by atoms with E-state index in [0.29, 0.717) is 11.6 Å². The van der Waals surface area contributed by atoms with Crippen LogP contribution in [0.5, 0.6) is 0 Å². The van der Waals surface area contributed by atoms with Gasteiger partial charge in [0.25, 0.3) is 0 Å². The molecule has 0 saturated heterocycles. The monoisotopic (exact) mass is 372 g/mol. The lowest BCUT2D eigenvalue weighted by Gasteiger charge is -2.10. The van der Waals surface area contributed by atoms with Crippen LogP contribution in [0, 0.1) is 11.3 Å². The Morgan fingerprint density at radius 2 is 1.68 bits per heavy atom. The highest BCUT2D eigenvalue weighted by Crippen LogP contribution is 2.24. The maximum absolute atomic E-state index is 12.0. The van der Waals surface area contributed by atoms with Gasteiger partial charge < -0.3 is 16.4 Å². The Hall–Kier alpha value is -3.76. The molecule has 1 aromatic carbocycles. The van der Waals surface area contributed by atoms with E-state index in [4.69, 9.17) is 11.0 Å². The first kappa shape index (κ1) is 19.0. The average molecular weight is 372 g/mol.